The van der Waals surface area contributed by atoms with Gasteiger partial charge in [0.05, 0.1) is 0 Å². The molecule has 3 rings (SSSR count). The largest absolute Gasteiger partial charge is 0.474 e. The van der Waals surface area contributed by atoms with Crippen molar-refractivity contribution in [2.75, 3.05) is 13.6 Å². The summed E-state index contributed by atoms with van der Waals surface area (Å²) in [6.07, 6.45) is 7.84. The first kappa shape index (κ1) is 21.5. The van der Waals surface area contributed by atoms with Gasteiger partial charge in [0.2, 0.25) is 5.88 Å². The molecule has 0 unspecified atom stereocenters. The summed E-state index contributed by atoms with van der Waals surface area (Å²) >= 11 is 0. The van der Waals surface area contributed by atoms with Gasteiger partial charge >= 0.3 is 0 Å². The number of hydrogen-bond acceptors (Lipinski definition) is 3. The van der Waals surface area contributed by atoms with E-state index in [1.807, 2.05) is 12.1 Å². The van der Waals surface area contributed by atoms with Gasteiger partial charge < -0.3 is 15.4 Å². The van der Waals surface area contributed by atoms with E-state index in [4.69, 9.17) is 4.74 Å². The van der Waals surface area contributed by atoms with E-state index in [-0.39, 0.29) is 24.0 Å². The van der Waals surface area contributed by atoms with Crippen LogP contribution in [0.1, 0.15) is 36.8 Å². The molecule has 2 aromatic rings. The number of aromatic nitrogens is 1. The third kappa shape index (κ3) is 7.01. The van der Waals surface area contributed by atoms with Gasteiger partial charge in [0.1, 0.15) is 6.10 Å². The SMILES string of the molecule is CN=C(NCCc1ccccc1)NCc1cccnc1OC1CCCC1.I. The number of ether oxygens (including phenoxy) is 1. The minimum atomic E-state index is 0. The van der Waals surface area contributed by atoms with Crippen LogP contribution in [-0.2, 0) is 13.0 Å². The Morgan fingerprint density at radius 3 is 2.63 bits per heavy atom. The van der Waals surface area contributed by atoms with Gasteiger partial charge in [0.15, 0.2) is 5.96 Å². The Bertz CT molecular complexity index is 702. The Balaban J connectivity index is 0.00000261. The normalized spacial score (nSPS) is 14.5. The van der Waals surface area contributed by atoms with Gasteiger partial charge in [-0.05, 0) is 43.7 Å². The molecule has 1 aliphatic rings. The lowest BCUT2D eigenvalue weighted by atomic mass is 10.1. The highest BCUT2D eigenvalue weighted by atomic mass is 127. The topological polar surface area (TPSA) is 58.5 Å². The van der Waals surface area contributed by atoms with E-state index in [1.54, 1.807) is 13.2 Å². The molecule has 1 aromatic heterocycles. The summed E-state index contributed by atoms with van der Waals surface area (Å²) in [5.74, 6) is 1.53. The molecule has 146 valence electrons. The van der Waals surface area contributed by atoms with Gasteiger partial charge in [-0.3, -0.25) is 4.99 Å². The molecule has 6 heteroatoms. The minimum absolute atomic E-state index is 0. The average molecular weight is 480 g/mol. The maximum atomic E-state index is 6.10. The smallest absolute Gasteiger partial charge is 0.218 e. The number of nitrogens with zero attached hydrogens (tertiary/aromatic N) is 2. The van der Waals surface area contributed by atoms with Gasteiger partial charge in [-0.25, -0.2) is 4.98 Å². The second kappa shape index (κ2) is 11.8. The highest BCUT2D eigenvalue weighted by molar-refractivity contribution is 14.0. The summed E-state index contributed by atoms with van der Waals surface area (Å²) in [5.41, 5.74) is 2.38. The molecular weight excluding hydrogens is 451 g/mol. The Morgan fingerprint density at radius 1 is 1.11 bits per heavy atom. The highest BCUT2D eigenvalue weighted by Crippen LogP contribution is 2.24. The van der Waals surface area contributed by atoms with Gasteiger partial charge in [-0.1, -0.05) is 36.4 Å². The van der Waals surface area contributed by atoms with Crippen LogP contribution in [0.25, 0.3) is 0 Å². The van der Waals surface area contributed by atoms with Gasteiger partial charge in [-0.2, -0.15) is 0 Å². The number of benzene rings is 1. The van der Waals surface area contributed by atoms with E-state index in [0.29, 0.717) is 12.6 Å². The molecule has 0 amide bonds. The molecule has 0 bridgehead atoms. The molecule has 0 spiro atoms. The van der Waals surface area contributed by atoms with Crippen molar-refractivity contribution >= 4 is 29.9 Å². The molecule has 27 heavy (non-hydrogen) atoms. The van der Waals surface area contributed by atoms with Crippen LogP contribution in [0.15, 0.2) is 53.7 Å². The van der Waals surface area contributed by atoms with E-state index < -0.39 is 0 Å². The molecular formula is C21H29IN4O. The summed E-state index contributed by atoms with van der Waals surface area (Å²) in [4.78, 5) is 8.73. The van der Waals surface area contributed by atoms with Crippen molar-refractivity contribution in [2.24, 2.45) is 4.99 Å². The van der Waals surface area contributed by atoms with E-state index in [0.717, 1.165) is 43.2 Å². The molecule has 0 aliphatic heterocycles. The van der Waals surface area contributed by atoms with Gasteiger partial charge in [0.25, 0.3) is 0 Å². The van der Waals surface area contributed by atoms with Crippen LogP contribution in [0.5, 0.6) is 5.88 Å². The first-order valence-corrected chi connectivity index (χ1v) is 9.44. The molecule has 5 nitrogen and oxygen atoms in total. The van der Waals surface area contributed by atoms with Crippen molar-refractivity contribution in [3.8, 4) is 5.88 Å². The minimum Gasteiger partial charge on any atom is -0.474 e. The summed E-state index contributed by atoms with van der Waals surface area (Å²) < 4.78 is 6.10. The molecule has 1 saturated carbocycles. The summed E-state index contributed by atoms with van der Waals surface area (Å²) in [6, 6.07) is 14.5. The quantitative estimate of drug-likeness (QED) is 0.358. The number of aliphatic imine (C=N–C) groups is 1. The third-order valence-electron chi connectivity index (χ3n) is 4.65. The van der Waals surface area contributed by atoms with Gasteiger partial charge in [-0.15, -0.1) is 24.0 Å². The lowest BCUT2D eigenvalue weighted by Gasteiger charge is -2.16. The van der Waals surface area contributed by atoms with Crippen LogP contribution in [0.4, 0.5) is 0 Å². The number of pyridine rings is 1. The van der Waals surface area contributed by atoms with E-state index >= 15 is 0 Å². The summed E-state index contributed by atoms with van der Waals surface area (Å²) in [5, 5.41) is 6.71. The molecule has 1 fully saturated rings. The fraction of sp³-hybridized carbons (Fsp3) is 0.429. The predicted molar refractivity (Wildman–Crippen MR) is 121 cm³/mol. The van der Waals surface area contributed by atoms with Crippen molar-refractivity contribution < 1.29 is 4.74 Å². The lowest BCUT2D eigenvalue weighted by Crippen LogP contribution is -2.38. The molecule has 0 radical (unpaired) electrons. The maximum absolute atomic E-state index is 6.10. The van der Waals surface area contributed by atoms with Gasteiger partial charge in [0, 0.05) is 31.9 Å². The molecule has 1 aliphatic carbocycles. The van der Waals surface area contributed by atoms with Crippen LogP contribution in [0, 0.1) is 0 Å². The van der Waals surface area contributed by atoms with Crippen molar-refractivity contribution in [1.29, 1.82) is 0 Å². The van der Waals surface area contributed by atoms with Crippen molar-refractivity contribution in [1.82, 2.24) is 15.6 Å². The maximum Gasteiger partial charge on any atom is 0.218 e. The fourth-order valence-electron chi connectivity index (χ4n) is 3.20. The van der Waals surface area contributed by atoms with Crippen LogP contribution in [0.3, 0.4) is 0 Å². The molecule has 0 atom stereocenters. The number of rotatable bonds is 7. The average Bonchev–Trinajstić information content (AvgIpc) is 3.19. The zero-order valence-electron chi connectivity index (χ0n) is 15.9. The van der Waals surface area contributed by atoms with E-state index in [2.05, 4.69) is 50.9 Å². The summed E-state index contributed by atoms with van der Waals surface area (Å²) in [6.45, 7) is 1.48. The Morgan fingerprint density at radius 2 is 1.89 bits per heavy atom. The van der Waals surface area contributed by atoms with Crippen molar-refractivity contribution in [3.63, 3.8) is 0 Å². The number of hydrogen-bond donors (Lipinski definition) is 2. The second-order valence-electron chi connectivity index (χ2n) is 6.58. The van der Waals surface area contributed by atoms with Crippen LogP contribution < -0.4 is 15.4 Å². The fourth-order valence-corrected chi connectivity index (χ4v) is 3.20. The van der Waals surface area contributed by atoms with Crippen LogP contribution >= 0.6 is 24.0 Å². The highest BCUT2D eigenvalue weighted by Gasteiger charge is 2.18. The number of halogens is 1. The Hall–Kier alpha value is -1.83. The Kier molecular flexibility index (Phi) is 9.38. The number of nitrogens with one attached hydrogen (secondary N) is 2. The predicted octanol–water partition coefficient (Wildman–Crippen LogP) is 3.93. The van der Waals surface area contributed by atoms with Crippen molar-refractivity contribution in [3.05, 3.63) is 59.8 Å². The standard InChI is InChI=1S/C21H28N4O.HI/c1-22-21(24-15-13-17-8-3-2-4-9-17)25-16-18-10-7-14-23-20(18)26-19-11-5-6-12-19;/h2-4,7-10,14,19H,5-6,11-13,15-16H2,1H3,(H2,22,24,25);1H. The molecule has 2 N–H and O–H groups in total. The summed E-state index contributed by atoms with van der Waals surface area (Å²) in [7, 11) is 1.79. The van der Waals surface area contributed by atoms with Crippen LogP contribution in [-0.4, -0.2) is 30.6 Å². The Labute approximate surface area is 179 Å². The molecule has 0 saturated heterocycles. The first-order chi connectivity index (χ1) is 12.8. The van der Waals surface area contributed by atoms with E-state index in [9.17, 15) is 0 Å². The third-order valence-corrected chi connectivity index (χ3v) is 4.65. The molecule has 1 heterocycles. The molecule has 1 aromatic carbocycles. The first-order valence-electron chi connectivity index (χ1n) is 9.44. The number of guanidine groups is 1. The zero-order valence-corrected chi connectivity index (χ0v) is 18.2. The van der Waals surface area contributed by atoms with Crippen LogP contribution in [0.2, 0.25) is 0 Å². The zero-order chi connectivity index (χ0) is 18.0. The van der Waals surface area contributed by atoms with Crippen molar-refractivity contribution in [2.45, 2.75) is 44.8 Å². The van der Waals surface area contributed by atoms with E-state index in [1.165, 1.54) is 18.4 Å². The monoisotopic (exact) mass is 480 g/mol. The lowest BCUT2D eigenvalue weighted by molar-refractivity contribution is 0.199. The second-order valence-corrected chi connectivity index (χ2v) is 6.58.